The maximum atomic E-state index is 10.5. The number of carboxylic acids is 1. The first-order chi connectivity index (χ1) is 8.56. The molecule has 1 heterocycles. The molecule has 1 N–H and O–H groups in total. The Balaban J connectivity index is 2.21. The number of aliphatic carboxylic acids is 1. The van der Waals surface area contributed by atoms with E-state index in [-0.39, 0.29) is 6.42 Å². The molecule has 0 atom stereocenters. The van der Waals surface area contributed by atoms with E-state index in [4.69, 9.17) is 21.1 Å². The highest BCUT2D eigenvalue weighted by atomic mass is 79.9. The molecule has 0 bridgehead atoms. The minimum absolute atomic E-state index is 0.0642. The van der Waals surface area contributed by atoms with Crippen LogP contribution in [0.1, 0.15) is 12.2 Å². The van der Waals surface area contributed by atoms with Crippen LogP contribution in [0.25, 0.3) is 11.3 Å². The lowest BCUT2D eigenvalue weighted by atomic mass is 10.2. The van der Waals surface area contributed by atoms with Crippen LogP contribution < -0.4 is 0 Å². The summed E-state index contributed by atoms with van der Waals surface area (Å²) in [5, 5.41) is 9.25. The van der Waals surface area contributed by atoms with Gasteiger partial charge in [0.25, 0.3) is 0 Å². The van der Waals surface area contributed by atoms with Gasteiger partial charge < -0.3 is 9.52 Å². The normalized spacial score (nSPS) is 10.6. The van der Waals surface area contributed by atoms with Gasteiger partial charge in [0.15, 0.2) is 0 Å². The lowest BCUT2D eigenvalue weighted by molar-refractivity contribution is -0.137. The molecule has 0 aliphatic rings. The van der Waals surface area contributed by atoms with Crippen molar-refractivity contribution in [2.45, 2.75) is 12.8 Å². The van der Waals surface area contributed by atoms with Gasteiger partial charge in [0.2, 0.25) is 0 Å². The fraction of sp³-hybridized carbons (Fsp3) is 0.154. The Morgan fingerprint density at radius 1 is 1.33 bits per heavy atom. The summed E-state index contributed by atoms with van der Waals surface area (Å²) in [7, 11) is 0. The SMILES string of the molecule is O=C(O)CCc1ccc(-c2ccc(Cl)cc2Br)o1. The van der Waals surface area contributed by atoms with E-state index in [2.05, 4.69) is 15.9 Å². The van der Waals surface area contributed by atoms with Crippen molar-refractivity contribution < 1.29 is 14.3 Å². The summed E-state index contributed by atoms with van der Waals surface area (Å²) in [4.78, 5) is 10.5. The van der Waals surface area contributed by atoms with Crippen molar-refractivity contribution in [2.75, 3.05) is 0 Å². The molecule has 94 valence electrons. The Labute approximate surface area is 118 Å². The summed E-state index contributed by atoms with van der Waals surface area (Å²) < 4.78 is 6.45. The van der Waals surface area contributed by atoms with Gasteiger partial charge in [0, 0.05) is 21.5 Å². The van der Waals surface area contributed by atoms with E-state index >= 15 is 0 Å². The minimum Gasteiger partial charge on any atom is -0.481 e. The van der Waals surface area contributed by atoms with Crippen LogP contribution in [0.4, 0.5) is 0 Å². The maximum absolute atomic E-state index is 10.5. The second kappa shape index (κ2) is 5.59. The van der Waals surface area contributed by atoms with Gasteiger partial charge in [-0.2, -0.15) is 0 Å². The molecule has 0 amide bonds. The molecule has 2 aromatic rings. The predicted molar refractivity (Wildman–Crippen MR) is 72.8 cm³/mol. The van der Waals surface area contributed by atoms with Gasteiger partial charge in [0.1, 0.15) is 11.5 Å². The molecular weight excluding hydrogens is 319 g/mol. The van der Waals surface area contributed by atoms with Crippen molar-refractivity contribution in [3.63, 3.8) is 0 Å². The van der Waals surface area contributed by atoms with E-state index in [1.807, 2.05) is 12.1 Å². The third kappa shape index (κ3) is 3.15. The third-order valence-corrected chi connectivity index (χ3v) is 3.33. The first-order valence-electron chi connectivity index (χ1n) is 5.32. The Morgan fingerprint density at radius 3 is 2.78 bits per heavy atom. The van der Waals surface area contributed by atoms with Crippen molar-refractivity contribution in [3.8, 4) is 11.3 Å². The number of carboxylic acid groups (broad SMARTS) is 1. The van der Waals surface area contributed by atoms with Gasteiger partial charge in [-0.3, -0.25) is 4.79 Å². The van der Waals surface area contributed by atoms with Crippen molar-refractivity contribution in [3.05, 3.63) is 45.6 Å². The highest BCUT2D eigenvalue weighted by Gasteiger charge is 2.09. The second-order valence-electron chi connectivity index (χ2n) is 3.78. The molecule has 0 aliphatic heterocycles. The van der Waals surface area contributed by atoms with Crippen LogP contribution in [0.3, 0.4) is 0 Å². The molecule has 1 aromatic carbocycles. The average Bonchev–Trinajstić information content (AvgIpc) is 2.75. The number of furan rings is 1. The standard InChI is InChI=1S/C13H10BrClO3/c14-11-7-8(15)1-4-10(11)12-5-2-9(18-12)3-6-13(16)17/h1-2,4-5,7H,3,6H2,(H,16,17). The molecular formula is C13H10BrClO3. The van der Waals surface area contributed by atoms with E-state index in [9.17, 15) is 4.79 Å². The zero-order valence-corrected chi connectivity index (χ0v) is 11.7. The highest BCUT2D eigenvalue weighted by Crippen LogP contribution is 2.31. The van der Waals surface area contributed by atoms with Gasteiger partial charge in [-0.15, -0.1) is 0 Å². The molecule has 0 spiro atoms. The van der Waals surface area contributed by atoms with Crippen molar-refractivity contribution in [2.24, 2.45) is 0 Å². The fourth-order valence-corrected chi connectivity index (χ4v) is 2.45. The Hall–Kier alpha value is -1.26. The monoisotopic (exact) mass is 328 g/mol. The summed E-state index contributed by atoms with van der Waals surface area (Å²) in [5.41, 5.74) is 0.890. The zero-order valence-electron chi connectivity index (χ0n) is 9.32. The van der Waals surface area contributed by atoms with Crippen molar-refractivity contribution in [1.29, 1.82) is 0 Å². The fourth-order valence-electron chi connectivity index (χ4n) is 1.58. The molecule has 18 heavy (non-hydrogen) atoms. The van der Waals surface area contributed by atoms with Crippen molar-refractivity contribution >= 4 is 33.5 Å². The summed E-state index contributed by atoms with van der Waals surface area (Å²) in [6.45, 7) is 0. The van der Waals surface area contributed by atoms with E-state index in [0.717, 1.165) is 10.0 Å². The van der Waals surface area contributed by atoms with Crippen molar-refractivity contribution in [1.82, 2.24) is 0 Å². The van der Waals surface area contributed by atoms with E-state index in [0.29, 0.717) is 23.0 Å². The molecule has 5 heteroatoms. The predicted octanol–water partition coefficient (Wildman–Crippen LogP) is 4.38. The zero-order chi connectivity index (χ0) is 13.1. The van der Waals surface area contributed by atoms with Crippen LogP contribution in [0.2, 0.25) is 5.02 Å². The third-order valence-electron chi connectivity index (χ3n) is 2.44. The number of halogens is 2. The highest BCUT2D eigenvalue weighted by molar-refractivity contribution is 9.10. The van der Waals surface area contributed by atoms with E-state index in [1.165, 1.54) is 0 Å². The lowest BCUT2D eigenvalue weighted by Gasteiger charge is -2.01. The van der Waals surface area contributed by atoms with Gasteiger partial charge in [-0.1, -0.05) is 11.6 Å². The molecule has 0 fully saturated rings. The first kappa shape index (κ1) is 13.2. The van der Waals surface area contributed by atoms with E-state index in [1.54, 1.807) is 18.2 Å². The summed E-state index contributed by atoms with van der Waals surface area (Å²) in [5.74, 6) is 0.522. The van der Waals surface area contributed by atoms with Gasteiger partial charge in [0.05, 0.1) is 6.42 Å². The minimum atomic E-state index is -0.833. The van der Waals surface area contributed by atoms with Crippen LogP contribution in [-0.4, -0.2) is 11.1 Å². The largest absolute Gasteiger partial charge is 0.481 e. The van der Waals surface area contributed by atoms with Gasteiger partial charge in [-0.05, 0) is 46.3 Å². The van der Waals surface area contributed by atoms with Crippen LogP contribution in [0, 0.1) is 0 Å². The Morgan fingerprint density at radius 2 is 2.11 bits per heavy atom. The number of hydrogen-bond acceptors (Lipinski definition) is 2. The smallest absolute Gasteiger partial charge is 0.303 e. The number of carbonyl (C=O) groups is 1. The number of rotatable bonds is 4. The topological polar surface area (TPSA) is 50.4 Å². The molecule has 0 aliphatic carbocycles. The molecule has 0 saturated heterocycles. The number of benzene rings is 1. The maximum Gasteiger partial charge on any atom is 0.303 e. The quantitative estimate of drug-likeness (QED) is 0.905. The van der Waals surface area contributed by atoms with E-state index < -0.39 is 5.97 Å². The first-order valence-corrected chi connectivity index (χ1v) is 6.49. The van der Waals surface area contributed by atoms with Crippen LogP contribution in [0.15, 0.2) is 39.2 Å². The summed E-state index contributed by atoms with van der Waals surface area (Å²) in [6, 6.07) is 9.04. The molecule has 0 radical (unpaired) electrons. The molecule has 1 aromatic heterocycles. The number of hydrogen-bond donors (Lipinski definition) is 1. The Bertz CT molecular complexity index is 577. The van der Waals surface area contributed by atoms with Gasteiger partial charge >= 0.3 is 5.97 Å². The molecule has 3 nitrogen and oxygen atoms in total. The van der Waals surface area contributed by atoms with Crippen LogP contribution in [-0.2, 0) is 11.2 Å². The lowest BCUT2D eigenvalue weighted by Crippen LogP contribution is -1.96. The summed E-state index contributed by atoms with van der Waals surface area (Å²) in [6.07, 6.45) is 0.454. The average molecular weight is 330 g/mol. The van der Waals surface area contributed by atoms with Crippen LogP contribution >= 0.6 is 27.5 Å². The Kier molecular flexibility index (Phi) is 4.09. The summed E-state index contributed by atoms with van der Waals surface area (Å²) >= 11 is 9.29. The van der Waals surface area contributed by atoms with Gasteiger partial charge in [-0.25, -0.2) is 0 Å². The molecule has 2 rings (SSSR count). The second-order valence-corrected chi connectivity index (χ2v) is 5.07. The molecule has 0 saturated carbocycles. The molecule has 0 unspecified atom stereocenters. The number of aryl methyl sites for hydroxylation is 1. The van der Waals surface area contributed by atoms with Crippen LogP contribution in [0.5, 0.6) is 0 Å².